The van der Waals surface area contributed by atoms with Crippen molar-refractivity contribution in [3.63, 3.8) is 0 Å². The van der Waals surface area contributed by atoms with E-state index >= 15 is 0 Å². The van der Waals surface area contributed by atoms with Gasteiger partial charge in [0.1, 0.15) is 0 Å². The SMILES string of the molecule is CC/C=C(\C)C(=O)NC(O)O. The minimum Gasteiger partial charge on any atom is -0.351 e. The lowest BCUT2D eigenvalue weighted by Gasteiger charge is -2.05. The number of nitrogens with one attached hydrogen (secondary N) is 1. The summed E-state index contributed by atoms with van der Waals surface area (Å²) in [6.07, 6.45) is 0.682. The third-order valence-corrected chi connectivity index (χ3v) is 1.13. The molecule has 4 nitrogen and oxygen atoms in total. The molecule has 0 heterocycles. The lowest BCUT2D eigenvalue weighted by atomic mass is 10.2. The molecule has 0 fully saturated rings. The van der Waals surface area contributed by atoms with Crippen molar-refractivity contribution >= 4 is 5.91 Å². The van der Waals surface area contributed by atoms with Crippen molar-refractivity contribution < 1.29 is 15.0 Å². The van der Waals surface area contributed by atoms with Gasteiger partial charge in [0.15, 0.2) is 0 Å². The van der Waals surface area contributed by atoms with E-state index in [0.29, 0.717) is 5.57 Å². The van der Waals surface area contributed by atoms with E-state index in [1.54, 1.807) is 13.0 Å². The Balaban J connectivity index is 3.93. The van der Waals surface area contributed by atoms with Gasteiger partial charge in [0.2, 0.25) is 12.3 Å². The lowest BCUT2D eigenvalue weighted by molar-refractivity contribution is -0.130. The zero-order valence-electron chi connectivity index (χ0n) is 6.66. The van der Waals surface area contributed by atoms with Gasteiger partial charge in [0.05, 0.1) is 0 Å². The van der Waals surface area contributed by atoms with E-state index in [0.717, 1.165) is 6.42 Å². The van der Waals surface area contributed by atoms with Crippen molar-refractivity contribution in [3.05, 3.63) is 11.6 Å². The number of carbonyl (C=O) groups is 1. The van der Waals surface area contributed by atoms with E-state index in [1.165, 1.54) is 0 Å². The molecule has 0 spiro atoms. The number of hydrogen-bond acceptors (Lipinski definition) is 3. The standard InChI is InChI=1S/C7H13NO3/c1-3-4-5(2)6(9)8-7(10)11/h4,7,10-11H,3H2,1-2H3,(H,8,9)/b5-4+. The molecule has 0 radical (unpaired) electrons. The highest BCUT2D eigenvalue weighted by Crippen LogP contribution is 1.94. The molecule has 0 bridgehead atoms. The molecule has 0 saturated carbocycles. The van der Waals surface area contributed by atoms with E-state index < -0.39 is 12.3 Å². The van der Waals surface area contributed by atoms with Crippen LogP contribution in [0.1, 0.15) is 20.3 Å². The summed E-state index contributed by atoms with van der Waals surface area (Å²) in [5.74, 6) is -0.457. The second-order valence-corrected chi connectivity index (χ2v) is 2.14. The van der Waals surface area contributed by atoms with Crippen LogP contribution in [0.4, 0.5) is 0 Å². The van der Waals surface area contributed by atoms with Crippen LogP contribution in [0.25, 0.3) is 0 Å². The average molecular weight is 159 g/mol. The molecule has 0 atom stereocenters. The Kier molecular flexibility index (Phi) is 4.49. The number of aliphatic hydroxyl groups excluding tert-OH is 1. The Labute approximate surface area is 65.5 Å². The largest absolute Gasteiger partial charge is 0.351 e. The van der Waals surface area contributed by atoms with E-state index in [9.17, 15) is 4.79 Å². The summed E-state index contributed by atoms with van der Waals surface area (Å²) in [4.78, 5) is 10.8. The molecule has 0 aliphatic heterocycles. The quantitative estimate of drug-likeness (QED) is 0.392. The highest BCUT2D eigenvalue weighted by molar-refractivity contribution is 5.92. The molecule has 64 valence electrons. The van der Waals surface area contributed by atoms with Gasteiger partial charge in [-0.15, -0.1) is 0 Å². The third-order valence-electron chi connectivity index (χ3n) is 1.13. The maximum Gasteiger partial charge on any atom is 0.250 e. The fraction of sp³-hybridized carbons (Fsp3) is 0.571. The van der Waals surface area contributed by atoms with Crippen LogP contribution in [0.3, 0.4) is 0 Å². The molecule has 0 aromatic heterocycles. The number of aliphatic hydroxyl groups is 2. The molecular formula is C7H13NO3. The van der Waals surface area contributed by atoms with Crippen molar-refractivity contribution in [2.24, 2.45) is 0 Å². The summed E-state index contributed by atoms with van der Waals surface area (Å²) in [7, 11) is 0. The molecule has 0 rings (SSSR count). The number of carbonyl (C=O) groups excluding carboxylic acids is 1. The summed E-state index contributed by atoms with van der Waals surface area (Å²) in [6, 6.07) is 0. The van der Waals surface area contributed by atoms with Crippen molar-refractivity contribution in [2.75, 3.05) is 0 Å². The molecule has 11 heavy (non-hydrogen) atoms. The Bertz CT molecular complexity index is 163. The first kappa shape index (κ1) is 10.1. The zero-order chi connectivity index (χ0) is 8.85. The first-order chi connectivity index (χ1) is 5.07. The normalized spacial score (nSPS) is 11.9. The topological polar surface area (TPSA) is 69.6 Å². The fourth-order valence-electron chi connectivity index (χ4n) is 0.630. The summed E-state index contributed by atoms with van der Waals surface area (Å²) >= 11 is 0. The first-order valence-corrected chi connectivity index (χ1v) is 3.41. The summed E-state index contributed by atoms with van der Waals surface area (Å²) in [5.41, 5.74) is 0.487. The minimum atomic E-state index is -1.78. The number of allylic oxidation sites excluding steroid dienone is 1. The van der Waals surface area contributed by atoms with Gasteiger partial charge in [-0.05, 0) is 13.3 Å². The van der Waals surface area contributed by atoms with Gasteiger partial charge in [-0.25, -0.2) is 0 Å². The lowest BCUT2D eigenvalue weighted by Crippen LogP contribution is -2.34. The van der Waals surface area contributed by atoms with Crippen molar-refractivity contribution in [2.45, 2.75) is 26.7 Å². The Morgan fingerprint density at radius 2 is 2.18 bits per heavy atom. The minimum absolute atomic E-state index is 0.457. The Morgan fingerprint density at radius 3 is 2.55 bits per heavy atom. The van der Waals surface area contributed by atoms with E-state index in [1.807, 2.05) is 12.2 Å². The van der Waals surface area contributed by atoms with E-state index in [2.05, 4.69) is 0 Å². The van der Waals surface area contributed by atoms with Crippen molar-refractivity contribution in [1.29, 1.82) is 0 Å². The average Bonchev–Trinajstić information content (AvgIpc) is 1.86. The second-order valence-electron chi connectivity index (χ2n) is 2.14. The molecular weight excluding hydrogens is 146 g/mol. The maximum atomic E-state index is 10.8. The predicted molar refractivity (Wildman–Crippen MR) is 40.4 cm³/mol. The number of amides is 1. The molecule has 0 saturated heterocycles. The molecule has 3 N–H and O–H groups in total. The molecule has 0 aliphatic carbocycles. The third kappa shape index (κ3) is 4.52. The number of hydrogen-bond donors (Lipinski definition) is 3. The van der Waals surface area contributed by atoms with Gasteiger partial charge >= 0.3 is 0 Å². The Morgan fingerprint density at radius 1 is 1.64 bits per heavy atom. The van der Waals surface area contributed by atoms with Gasteiger partial charge in [-0.1, -0.05) is 13.0 Å². The predicted octanol–water partition coefficient (Wildman–Crippen LogP) is -0.273. The molecule has 0 unspecified atom stereocenters. The monoisotopic (exact) mass is 159 g/mol. The summed E-state index contributed by atoms with van der Waals surface area (Å²) < 4.78 is 0. The van der Waals surface area contributed by atoms with Crippen LogP contribution in [0.2, 0.25) is 0 Å². The maximum absolute atomic E-state index is 10.8. The Hall–Kier alpha value is -0.870. The zero-order valence-corrected chi connectivity index (χ0v) is 6.66. The highest BCUT2D eigenvalue weighted by Gasteiger charge is 2.05. The summed E-state index contributed by atoms with van der Waals surface area (Å²) in [6.45, 7) is 3.51. The molecule has 0 aromatic rings. The first-order valence-electron chi connectivity index (χ1n) is 3.41. The number of rotatable bonds is 3. The van der Waals surface area contributed by atoms with Crippen LogP contribution in [-0.2, 0) is 4.79 Å². The van der Waals surface area contributed by atoms with Gasteiger partial charge in [-0.3, -0.25) is 4.79 Å². The highest BCUT2D eigenvalue weighted by atomic mass is 16.5. The van der Waals surface area contributed by atoms with Crippen LogP contribution < -0.4 is 5.32 Å². The van der Waals surface area contributed by atoms with Gasteiger partial charge < -0.3 is 15.5 Å². The van der Waals surface area contributed by atoms with E-state index in [4.69, 9.17) is 10.2 Å². The molecule has 0 aromatic carbocycles. The summed E-state index contributed by atoms with van der Waals surface area (Å²) in [5, 5.41) is 18.6. The van der Waals surface area contributed by atoms with Gasteiger partial charge in [-0.2, -0.15) is 0 Å². The van der Waals surface area contributed by atoms with Crippen molar-refractivity contribution in [1.82, 2.24) is 5.32 Å². The van der Waals surface area contributed by atoms with Crippen molar-refractivity contribution in [3.8, 4) is 0 Å². The molecule has 4 heteroatoms. The van der Waals surface area contributed by atoms with Gasteiger partial charge in [0, 0.05) is 5.57 Å². The molecule has 1 amide bonds. The van der Waals surface area contributed by atoms with Gasteiger partial charge in [0.25, 0.3) is 0 Å². The van der Waals surface area contributed by atoms with Crippen LogP contribution in [0.15, 0.2) is 11.6 Å². The van der Waals surface area contributed by atoms with Crippen LogP contribution >= 0.6 is 0 Å². The van der Waals surface area contributed by atoms with Crippen LogP contribution in [0, 0.1) is 0 Å². The van der Waals surface area contributed by atoms with Crippen LogP contribution in [-0.4, -0.2) is 22.5 Å². The second kappa shape index (κ2) is 4.87. The van der Waals surface area contributed by atoms with Crippen LogP contribution in [0.5, 0.6) is 0 Å². The molecule has 0 aliphatic rings. The smallest absolute Gasteiger partial charge is 0.250 e. The fourth-order valence-corrected chi connectivity index (χ4v) is 0.630. The van der Waals surface area contributed by atoms with E-state index in [-0.39, 0.29) is 0 Å².